The Labute approximate surface area is 110 Å². The highest BCUT2D eigenvalue weighted by Gasteiger charge is 1.96. The van der Waals surface area contributed by atoms with Crippen molar-refractivity contribution in [2.24, 2.45) is 0 Å². The number of halogens is 1. The molecule has 0 fully saturated rings. The Morgan fingerprint density at radius 3 is 2.71 bits per heavy atom. The second kappa shape index (κ2) is 9.08. The molecule has 0 saturated heterocycles. The zero-order valence-corrected chi connectivity index (χ0v) is 11.6. The number of nitrogens with one attached hydrogen (secondary N) is 1. The number of hydrogen-bond donors (Lipinski definition) is 1. The lowest BCUT2D eigenvalue weighted by molar-refractivity contribution is 0.414. The van der Waals surface area contributed by atoms with E-state index >= 15 is 0 Å². The zero-order valence-electron chi connectivity index (χ0n) is 10.8. The molecule has 0 heterocycles. The van der Waals surface area contributed by atoms with Crippen LogP contribution < -0.4 is 10.1 Å². The maximum absolute atomic E-state index is 5.27. The summed E-state index contributed by atoms with van der Waals surface area (Å²) >= 11 is 0. The van der Waals surface area contributed by atoms with E-state index in [-0.39, 0.29) is 12.4 Å². The van der Waals surface area contributed by atoms with Crippen LogP contribution in [-0.2, 0) is 0 Å². The Kier molecular flexibility index (Phi) is 8.55. The van der Waals surface area contributed by atoms with Crippen LogP contribution in [0.4, 0.5) is 0 Å². The Morgan fingerprint density at radius 1 is 1.35 bits per heavy atom. The van der Waals surface area contributed by atoms with Gasteiger partial charge in [0.25, 0.3) is 0 Å². The van der Waals surface area contributed by atoms with Crippen LogP contribution in [0.3, 0.4) is 0 Å². The van der Waals surface area contributed by atoms with Crippen molar-refractivity contribution in [1.29, 1.82) is 0 Å². The van der Waals surface area contributed by atoms with Gasteiger partial charge in [0.05, 0.1) is 7.11 Å². The first kappa shape index (κ1) is 16.0. The Morgan fingerprint density at radius 2 is 2.06 bits per heavy atom. The molecule has 2 nitrogen and oxygen atoms in total. The van der Waals surface area contributed by atoms with Gasteiger partial charge in [-0.1, -0.05) is 37.3 Å². The lowest BCUT2D eigenvalue weighted by Crippen LogP contribution is -2.24. The summed E-state index contributed by atoms with van der Waals surface area (Å²) in [5.74, 6) is 0.919. The fourth-order valence-corrected chi connectivity index (χ4v) is 1.40. The minimum atomic E-state index is 0. The van der Waals surface area contributed by atoms with Crippen LogP contribution in [0.1, 0.15) is 25.8 Å². The second-order valence-electron chi connectivity index (χ2n) is 3.86. The largest absolute Gasteiger partial charge is 0.496 e. The van der Waals surface area contributed by atoms with Gasteiger partial charge in [0.1, 0.15) is 5.75 Å². The summed E-state index contributed by atoms with van der Waals surface area (Å²) in [6.07, 6.45) is 5.38. The van der Waals surface area contributed by atoms with E-state index in [0.29, 0.717) is 6.04 Å². The maximum Gasteiger partial charge on any atom is 0.126 e. The van der Waals surface area contributed by atoms with Crippen molar-refractivity contribution < 1.29 is 4.74 Å². The quantitative estimate of drug-likeness (QED) is 0.840. The zero-order chi connectivity index (χ0) is 11.8. The van der Waals surface area contributed by atoms with Gasteiger partial charge in [-0.05, 0) is 19.4 Å². The normalized spacial score (nSPS) is 12.2. The summed E-state index contributed by atoms with van der Waals surface area (Å²) in [6, 6.07) is 8.60. The Bertz CT molecular complexity index is 339. The maximum atomic E-state index is 5.27. The van der Waals surface area contributed by atoms with Crippen LogP contribution in [-0.4, -0.2) is 19.7 Å². The molecule has 0 saturated carbocycles. The van der Waals surface area contributed by atoms with E-state index in [1.54, 1.807) is 7.11 Å². The molecule has 1 N–H and O–H groups in total. The van der Waals surface area contributed by atoms with E-state index in [1.165, 1.54) is 0 Å². The van der Waals surface area contributed by atoms with Gasteiger partial charge < -0.3 is 10.1 Å². The van der Waals surface area contributed by atoms with Crippen LogP contribution in [0.5, 0.6) is 5.75 Å². The lowest BCUT2D eigenvalue weighted by Gasteiger charge is -2.08. The number of ether oxygens (including phenoxy) is 1. The molecule has 0 aromatic heterocycles. The third-order valence-corrected chi connectivity index (χ3v) is 2.63. The molecule has 17 heavy (non-hydrogen) atoms. The molecule has 0 bridgehead atoms. The van der Waals surface area contributed by atoms with Gasteiger partial charge in [0.15, 0.2) is 0 Å². The Hall–Kier alpha value is -0.990. The first-order valence-electron chi connectivity index (χ1n) is 5.80. The molecular formula is C14H22ClNO. The molecule has 0 radical (unpaired) electrons. The van der Waals surface area contributed by atoms with E-state index < -0.39 is 0 Å². The van der Waals surface area contributed by atoms with Gasteiger partial charge in [0.2, 0.25) is 0 Å². The summed E-state index contributed by atoms with van der Waals surface area (Å²) in [7, 11) is 1.70. The molecule has 0 aliphatic heterocycles. The average Bonchev–Trinajstić information content (AvgIpc) is 2.34. The number of rotatable bonds is 6. The van der Waals surface area contributed by atoms with Crippen molar-refractivity contribution in [3.05, 3.63) is 35.9 Å². The number of benzene rings is 1. The van der Waals surface area contributed by atoms with Crippen molar-refractivity contribution in [3.63, 3.8) is 0 Å². The third kappa shape index (κ3) is 5.76. The van der Waals surface area contributed by atoms with Crippen molar-refractivity contribution in [2.75, 3.05) is 13.7 Å². The van der Waals surface area contributed by atoms with Crippen LogP contribution >= 0.6 is 12.4 Å². The van der Waals surface area contributed by atoms with Crippen molar-refractivity contribution in [1.82, 2.24) is 5.32 Å². The van der Waals surface area contributed by atoms with Crippen LogP contribution in [0, 0.1) is 0 Å². The van der Waals surface area contributed by atoms with Crippen LogP contribution in [0.25, 0.3) is 6.08 Å². The van der Waals surface area contributed by atoms with E-state index in [9.17, 15) is 0 Å². The highest BCUT2D eigenvalue weighted by molar-refractivity contribution is 5.85. The topological polar surface area (TPSA) is 21.3 Å². The van der Waals surface area contributed by atoms with Crippen molar-refractivity contribution in [2.45, 2.75) is 26.3 Å². The molecule has 96 valence electrons. The third-order valence-electron chi connectivity index (χ3n) is 2.63. The van der Waals surface area contributed by atoms with Gasteiger partial charge >= 0.3 is 0 Å². The number of hydrogen-bond acceptors (Lipinski definition) is 2. The highest BCUT2D eigenvalue weighted by atomic mass is 35.5. The molecule has 1 aromatic carbocycles. The SMILES string of the molecule is CCC(C)NC/C=C/c1ccccc1OC.Cl. The summed E-state index contributed by atoms with van der Waals surface area (Å²) < 4.78 is 5.27. The number of methoxy groups -OCH3 is 1. The van der Waals surface area contributed by atoms with E-state index in [1.807, 2.05) is 18.2 Å². The molecule has 3 heteroatoms. The van der Waals surface area contributed by atoms with E-state index in [0.717, 1.165) is 24.3 Å². The second-order valence-corrected chi connectivity index (χ2v) is 3.86. The minimum Gasteiger partial charge on any atom is -0.496 e. The summed E-state index contributed by atoms with van der Waals surface area (Å²) in [5.41, 5.74) is 1.12. The van der Waals surface area contributed by atoms with Crippen LogP contribution in [0.15, 0.2) is 30.3 Å². The summed E-state index contributed by atoms with van der Waals surface area (Å²) in [4.78, 5) is 0. The van der Waals surface area contributed by atoms with E-state index in [4.69, 9.17) is 4.74 Å². The minimum absolute atomic E-state index is 0. The standard InChI is InChI=1S/C14H21NO.ClH/c1-4-12(2)15-11-7-9-13-8-5-6-10-14(13)16-3;/h5-10,12,15H,4,11H2,1-3H3;1H/b9-7+;. The predicted octanol–water partition coefficient (Wildman–Crippen LogP) is 3.52. The molecule has 0 amide bonds. The Balaban J connectivity index is 0.00000256. The van der Waals surface area contributed by atoms with Gasteiger partial charge in [-0.3, -0.25) is 0 Å². The molecule has 1 rings (SSSR count). The average molecular weight is 256 g/mol. The predicted molar refractivity (Wildman–Crippen MR) is 77.0 cm³/mol. The van der Waals surface area contributed by atoms with Gasteiger partial charge in [-0.25, -0.2) is 0 Å². The van der Waals surface area contributed by atoms with Gasteiger partial charge in [0, 0.05) is 18.2 Å². The van der Waals surface area contributed by atoms with Gasteiger partial charge in [-0.2, -0.15) is 0 Å². The first-order chi connectivity index (χ1) is 7.77. The monoisotopic (exact) mass is 255 g/mol. The molecule has 0 aliphatic rings. The smallest absolute Gasteiger partial charge is 0.126 e. The lowest BCUT2D eigenvalue weighted by atomic mass is 10.2. The van der Waals surface area contributed by atoms with Crippen molar-refractivity contribution >= 4 is 18.5 Å². The van der Waals surface area contributed by atoms with E-state index in [2.05, 4.69) is 37.4 Å². The van der Waals surface area contributed by atoms with Crippen molar-refractivity contribution in [3.8, 4) is 5.75 Å². The molecular weight excluding hydrogens is 234 g/mol. The molecule has 1 unspecified atom stereocenters. The molecule has 0 aliphatic carbocycles. The fourth-order valence-electron chi connectivity index (χ4n) is 1.40. The summed E-state index contributed by atoms with van der Waals surface area (Å²) in [6.45, 7) is 5.27. The molecule has 0 spiro atoms. The number of para-hydroxylation sites is 1. The van der Waals surface area contributed by atoms with Crippen LogP contribution in [0.2, 0.25) is 0 Å². The van der Waals surface area contributed by atoms with Gasteiger partial charge in [-0.15, -0.1) is 12.4 Å². The molecule has 1 atom stereocenters. The molecule has 1 aromatic rings. The highest BCUT2D eigenvalue weighted by Crippen LogP contribution is 2.18. The first-order valence-corrected chi connectivity index (χ1v) is 5.80. The fraction of sp³-hybridized carbons (Fsp3) is 0.429. The summed E-state index contributed by atoms with van der Waals surface area (Å²) in [5, 5.41) is 3.41.